The van der Waals surface area contributed by atoms with Crippen molar-refractivity contribution in [2.24, 2.45) is 29.6 Å². The SMILES string of the molecule is CC[C@H](C)[C@@H]1NC(=O)[C@H](C)N(C)C(=O)C[C@@H](C)NC(=O)[C@H](C2CCCC2)N(C)C(=O)C2(CCCC2)NC(=O)[C@@H]2CCCN2C(=O)[C@H](CCC2CCC(C(F)(F)F)C(Cl)C2)NC(=O)[C@@H](C)N(C)C(=O)[C@H](CC2CCC(Cl)CC2)N(C)C(=O)CN(C)C(=O)CN(C)C1=O. The van der Waals surface area contributed by atoms with Gasteiger partial charge in [0.15, 0.2) is 0 Å². The van der Waals surface area contributed by atoms with Gasteiger partial charge < -0.3 is 55.6 Å². The molecule has 514 valence electrons. The van der Waals surface area contributed by atoms with Crippen molar-refractivity contribution in [3.63, 3.8) is 0 Å². The average molecular weight is 1330 g/mol. The Morgan fingerprint density at radius 2 is 1.19 bits per heavy atom. The van der Waals surface area contributed by atoms with Crippen LogP contribution in [0.5, 0.6) is 0 Å². The minimum Gasteiger partial charge on any atom is -0.351 e. The molecule has 0 bridgehead atoms. The third-order valence-corrected chi connectivity index (χ3v) is 22.0. The molecule has 0 radical (unpaired) electrons. The summed E-state index contributed by atoms with van der Waals surface area (Å²) in [7, 11) is 8.58. The maximum absolute atomic E-state index is 15.2. The highest BCUT2D eigenvalue weighted by atomic mass is 35.5. The Labute approximate surface area is 545 Å². The van der Waals surface area contributed by atoms with E-state index >= 15 is 9.59 Å². The predicted octanol–water partition coefficient (Wildman–Crippen LogP) is 5.34. The molecule has 11 amide bonds. The largest absolute Gasteiger partial charge is 0.393 e. The Morgan fingerprint density at radius 1 is 0.593 bits per heavy atom. The second kappa shape index (κ2) is 32.6. The van der Waals surface area contributed by atoms with E-state index in [-0.39, 0.29) is 93.9 Å². The minimum absolute atomic E-state index is 0.00692. The summed E-state index contributed by atoms with van der Waals surface area (Å²) in [6, 6.07) is -8.88. The average Bonchev–Trinajstić information content (AvgIpc) is 1.80. The Balaban J connectivity index is 1.35. The lowest BCUT2D eigenvalue weighted by Crippen LogP contribution is -2.64. The van der Waals surface area contributed by atoms with Crippen LogP contribution in [0, 0.1) is 29.6 Å². The van der Waals surface area contributed by atoms with E-state index in [0.29, 0.717) is 64.2 Å². The van der Waals surface area contributed by atoms with E-state index in [2.05, 4.69) is 21.3 Å². The van der Waals surface area contributed by atoms with Gasteiger partial charge in [-0.05, 0) is 147 Å². The lowest BCUT2D eigenvalue weighted by atomic mass is 9.78. The van der Waals surface area contributed by atoms with E-state index in [9.17, 15) is 56.3 Å². The minimum atomic E-state index is -4.50. The summed E-state index contributed by atoms with van der Waals surface area (Å²) < 4.78 is 41.8. The normalized spacial score (nSPS) is 32.9. The number of likely N-dealkylation sites (N-methyl/N-ethyl adjacent to an activating group) is 6. The highest BCUT2D eigenvalue weighted by Crippen LogP contribution is 2.44. The summed E-state index contributed by atoms with van der Waals surface area (Å²) in [5, 5.41) is 10.4. The van der Waals surface area contributed by atoms with Crippen molar-refractivity contribution in [2.45, 2.75) is 247 Å². The Bertz CT molecular complexity index is 2620. The van der Waals surface area contributed by atoms with Gasteiger partial charge in [-0.3, -0.25) is 52.7 Å². The van der Waals surface area contributed by atoms with Gasteiger partial charge in [-0.2, -0.15) is 13.2 Å². The van der Waals surface area contributed by atoms with Crippen LogP contribution in [0.25, 0.3) is 0 Å². The molecule has 27 heteroatoms. The van der Waals surface area contributed by atoms with Gasteiger partial charge in [-0.1, -0.05) is 46.0 Å². The zero-order valence-corrected chi connectivity index (χ0v) is 56.9. The van der Waals surface area contributed by atoms with Crippen LogP contribution in [-0.2, 0) is 52.7 Å². The van der Waals surface area contributed by atoms with Crippen LogP contribution in [0.2, 0.25) is 0 Å². The molecule has 2 heterocycles. The first kappa shape index (κ1) is 74.6. The van der Waals surface area contributed by atoms with Crippen molar-refractivity contribution in [2.75, 3.05) is 61.9 Å². The molecule has 4 aliphatic carbocycles. The van der Waals surface area contributed by atoms with Gasteiger partial charge >= 0.3 is 6.18 Å². The van der Waals surface area contributed by atoms with Gasteiger partial charge in [0.2, 0.25) is 65.0 Å². The smallest absolute Gasteiger partial charge is 0.351 e. The number of fused-ring (bicyclic) bond motifs is 1. The number of halogens is 5. The Hall–Kier alpha value is -5.46. The van der Waals surface area contributed by atoms with E-state index in [0.717, 1.165) is 22.6 Å². The molecule has 91 heavy (non-hydrogen) atoms. The van der Waals surface area contributed by atoms with Crippen molar-refractivity contribution in [3.8, 4) is 0 Å². The highest BCUT2D eigenvalue weighted by molar-refractivity contribution is 6.21. The van der Waals surface area contributed by atoms with Gasteiger partial charge in [-0.25, -0.2) is 0 Å². The Kier molecular flexibility index (Phi) is 26.7. The summed E-state index contributed by atoms with van der Waals surface area (Å²) in [6.07, 6.45) is 3.70. The number of hydrogen-bond acceptors (Lipinski definition) is 11. The van der Waals surface area contributed by atoms with Crippen LogP contribution in [0.1, 0.15) is 176 Å². The molecule has 12 atom stereocenters. The molecule has 6 rings (SSSR count). The van der Waals surface area contributed by atoms with Crippen LogP contribution in [-0.4, -0.2) is 232 Å². The van der Waals surface area contributed by atoms with Gasteiger partial charge in [0.1, 0.15) is 47.8 Å². The molecule has 0 aromatic rings. The molecule has 4 N–H and O–H groups in total. The molecule has 2 saturated heterocycles. The summed E-state index contributed by atoms with van der Waals surface area (Å²) in [5.74, 6) is -9.45. The van der Waals surface area contributed by atoms with Crippen LogP contribution >= 0.6 is 23.2 Å². The standard InChI is InChI=1S/C64H102Cl2F3N11O11/c1-12-37(2)53-61(90)75(7)35-51(82)74(6)36-52(83)78(10)49(34-42-21-25-44(65)26-22-42)60(89)77(9)40(5)55(84)71-47(28-24-41-23-27-45(46(66)33-41)64(67,68)69)59(88)80-31-17-20-48(80)57(86)73-63(29-15-16-30-63)62(91)79(11)54(43-18-13-14-19-43)58(87)70-38(3)32-50(81)76(8)39(4)56(85)72-53/h37-49,53-54H,12-36H2,1-11H3,(H,70,87)(H,71,84)(H,72,85)(H,73,86)/t37-,38+,39-,40+,41?,42?,44?,45?,46?,47-,48-,49-,53-,54-/m0/s1. The second-order valence-corrected chi connectivity index (χ2v) is 28.6. The van der Waals surface area contributed by atoms with Gasteiger partial charge in [0.05, 0.1) is 19.0 Å². The Morgan fingerprint density at radius 3 is 1.79 bits per heavy atom. The third-order valence-electron chi connectivity index (χ3n) is 21.0. The molecular formula is C64H102Cl2F3N11O11. The number of carbonyl (C=O) groups excluding carboxylic acids is 11. The van der Waals surface area contributed by atoms with Gasteiger partial charge in [0.25, 0.3) is 0 Å². The lowest BCUT2D eigenvalue weighted by molar-refractivity contribution is -0.182. The van der Waals surface area contributed by atoms with Crippen LogP contribution in [0.4, 0.5) is 13.2 Å². The molecule has 22 nitrogen and oxygen atoms in total. The van der Waals surface area contributed by atoms with Crippen molar-refractivity contribution in [1.82, 2.24) is 55.6 Å². The summed E-state index contributed by atoms with van der Waals surface area (Å²) in [4.78, 5) is 169. The van der Waals surface area contributed by atoms with Crippen LogP contribution < -0.4 is 21.3 Å². The topological polar surface area (TPSA) is 259 Å². The maximum Gasteiger partial charge on any atom is 0.393 e. The second-order valence-electron chi connectivity index (χ2n) is 27.5. The summed E-state index contributed by atoms with van der Waals surface area (Å²) >= 11 is 12.9. The third kappa shape index (κ3) is 18.7. The monoisotopic (exact) mass is 1330 g/mol. The molecular weight excluding hydrogens is 1230 g/mol. The number of alkyl halides is 5. The number of nitrogens with zero attached hydrogens (tertiary/aromatic N) is 7. The highest BCUT2D eigenvalue weighted by Gasteiger charge is 2.51. The molecule has 3 unspecified atom stereocenters. The number of rotatable bonds is 8. The fourth-order valence-electron chi connectivity index (χ4n) is 14.5. The molecule has 6 fully saturated rings. The molecule has 2 aliphatic heterocycles. The number of carbonyl (C=O) groups is 11. The fraction of sp³-hybridized carbons (Fsp3) is 0.828. The summed E-state index contributed by atoms with van der Waals surface area (Å²) in [6.45, 7) is 7.27. The van der Waals surface area contributed by atoms with E-state index < -0.39 is 155 Å². The van der Waals surface area contributed by atoms with Crippen molar-refractivity contribution in [1.29, 1.82) is 0 Å². The van der Waals surface area contributed by atoms with Gasteiger partial charge in [0, 0.05) is 72.0 Å². The lowest BCUT2D eigenvalue weighted by Gasteiger charge is -2.40. The van der Waals surface area contributed by atoms with E-state index in [1.165, 1.54) is 73.6 Å². The first-order chi connectivity index (χ1) is 42.7. The number of nitrogens with one attached hydrogen (secondary N) is 4. The first-order valence-corrected chi connectivity index (χ1v) is 34.0. The zero-order valence-electron chi connectivity index (χ0n) is 55.3. The van der Waals surface area contributed by atoms with Crippen LogP contribution in [0.3, 0.4) is 0 Å². The number of amides is 11. The number of hydrogen-bond donors (Lipinski definition) is 4. The van der Waals surface area contributed by atoms with Crippen molar-refractivity contribution < 1.29 is 65.9 Å². The molecule has 1 spiro atoms. The molecule has 6 aliphatic rings. The fourth-order valence-corrected chi connectivity index (χ4v) is 15.2. The van der Waals surface area contributed by atoms with Gasteiger partial charge in [-0.15, -0.1) is 23.2 Å². The zero-order chi connectivity index (χ0) is 67.6. The maximum atomic E-state index is 15.2. The first-order valence-electron chi connectivity index (χ1n) is 33.1. The summed E-state index contributed by atoms with van der Waals surface area (Å²) in [5.41, 5.74) is -1.47. The quantitative estimate of drug-likeness (QED) is 0.226. The van der Waals surface area contributed by atoms with Crippen molar-refractivity contribution in [3.05, 3.63) is 0 Å². The van der Waals surface area contributed by atoms with Crippen molar-refractivity contribution >= 4 is 88.2 Å². The predicted molar refractivity (Wildman–Crippen MR) is 336 cm³/mol. The molecule has 0 aromatic carbocycles. The van der Waals surface area contributed by atoms with E-state index in [4.69, 9.17) is 23.2 Å². The molecule has 0 aromatic heterocycles. The van der Waals surface area contributed by atoms with Crippen LogP contribution in [0.15, 0.2) is 0 Å². The molecule has 4 saturated carbocycles. The van der Waals surface area contributed by atoms with E-state index in [1.54, 1.807) is 20.9 Å². The van der Waals surface area contributed by atoms with E-state index in [1.807, 2.05) is 6.92 Å².